The molecule has 14 heteroatoms. The van der Waals surface area contributed by atoms with Gasteiger partial charge in [0.2, 0.25) is 0 Å². The molecule has 0 radical (unpaired) electrons. The fraction of sp³-hybridized carbons (Fsp3) is 0.422. The van der Waals surface area contributed by atoms with Crippen LogP contribution in [0.2, 0.25) is 0 Å². The maximum absolute atomic E-state index is 13.9. The van der Waals surface area contributed by atoms with Gasteiger partial charge in [-0.25, -0.2) is 18.1 Å². The topological polar surface area (TPSA) is 169 Å². The Morgan fingerprint density at radius 3 is 2.58 bits per heavy atom. The second-order valence-electron chi connectivity index (χ2n) is 16.4. The van der Waals surface area contributed by atoms with Crippen molar-refractivity contribution >= 4 is 38.3 Å². The van der Waals surface area contributed by atoms with Crippen LogP contribution in [0.5, 0.6) is 11.5 Å². The zero-order chi connectivity index (χ0) is 41.1. The molecule has 3 aliphatic rings. The van der Waals surface area contributed by atoms with Gasteiger partial charge in [-0.2, -0.15) is 0 Å². The Bertz CT molecular complexity index is 2420. The van der Waals surface area contributed by atoms with E-state index in [2.05, 4.69) is 63.0 Å². The van der Waals surface area contributed by atoms with Crippen molar-refractivity contribution in [3.8, 4) is 11.5 Å². The van der Waals surface area contributed by atoms with Gasteiger partial charge < -0.3 is 19.8 Å². The van der Waals surface area contributed by atoms with Gasteiger partial charge in [-0.05, 0) is 129 Å². The van der Waals surface area contributed by atoms with Crippen molar-refractivity contribution in [2.45, 2.75) is 94.0 Å². The van der Waals surface area contributed by atoms with Crippen LogP contribution in [0.1, 0.15) is 110 Å². The number of H-pyrrole nitrogens is 1. The SMILES string of the molecule is CC(C)c1ccccc1C1CCCN1C1CCC(c2ccc(C(=O)NS(=O)(=O)c3ccc(NCC4CCOCC4)c([N+](=O)[O-])c3)c(Oc3cnc4[nH]ccc4c3)c2)CC1. The summed E-state index contributed by atoms with van der Waals surface area (Å²) in [7, 11) is -4.53. The lowest BCUT2D eigenvalue weighted by Crippen LogP contribution is -2.37. The predicted molar refractivity (Wildman–Crippen MR) is 227 cm³/mol. The number of rotatable bonds is 13. The molecule has 2 saturated heterocycles. The first-order valence-electron chi connectivity index (χ1n) is 20.8. The molecule has 3 fully saturated rings. The van der Waals surface area contributed by atoms with Crippen molar-refractivity contribution < 1.29 is 27.6 Å². The molecule has 2 aromatic heterocycles. The van der Waals surface area contributed by atoms with E-state index in [9.17, 15) is 23.3 Å². The van der Waals surface area contributed by atoms with Crippen LogP contribution in [0.3, 0.4) is 0 Å². The smallest absolute Gasteiger partial charge is 0.293 e. The summed E-state index contributed by atoms with van der Waals surface area (Å²) >= 11 is 0. The molecule has 1 amide bonds. The Hall–Kier alpha value is -5.31. The number of ether oxygens (including phenoxy) is 2. The molecular weight excluding hydrogens is 769 g/mol. The molecule has 310 valence electrons. The van der Waals surface area contributed by atoms with E-state index >= 15 is 0 Å². The predicted octanol–water partition coefficient (Wildman–Crippen LogP) is 9.21. The lowest BCUT2D eigenvalue weighted by Gasteiger charge is -2.39. The highest BCUT2D eigenvalue weighted by molar-refractivity contribution is 7.90. The molecule has 1 saturated carbocycles. The summed E-state index contributed by atoms with van der Waals surface area (Å²) in [5.74, 6) is 0.633. The molecule has 0 bridgehead atoms. The van der Waals surface area contributed by atoms with Gasteiger partial charge in [0.25, 0.3) is 21.6 Å². The molecule has 0 spiro atoms. The van der Waals surface area contributed by atoms with Crippen LogP contribution in [0, 0.1) is 16.0 Å². The Morgan fingerprint density at radius 2 is 1.80 bits per heavy atom. The number of nitrogens with zero attached hydrogens (tertiary/aromatic N) is 3. The van der Waals surface area contributed by atoms with Crippen LogP contribution in [0.25, 0.3) is 11.0 Å². The second kappa shape index (κ2) is 17.5. The first-order valence-corrected chi connectivity index (χ1v) is 22.3. The van der Waals surface area contributed by atoms with Crippen LogP contribution < -0.4 is 14.8 Å². The molecular formula is C45H52N6O7S. The maximum Gasteiger partial charge on any atom is 0.293 e. The number of aromatic amines is 1. The zero-order valence-electron chi connectivity index (χ0n) is 33.6. The number of pyridine rings is 1. The molecule has 3 aromatic carbocycles. The van der Waals surface area contributed by atoms with Gasteiger partial charge in [0.1, 0.15) is 22.8 Å². The fourth-order valence-corrected chi connectivity index (χ4v) is 10.2. The molecule has 13 nitrogen and oxygen atoms in total. The number of amides is 1. The largest absolute Gasteiger partial charge is 0.455 e. The Labute approximate surface area is 345 Å². The minimum atomic E-state index is -4.53. The number of sulfonamides is 1. The van der Waals surface area contributed by atoms with E-state index in [4.69, 9.17) is 9.47 Å². The van der Waals surface area contributed by atoms with Gasteiger partial charge in [0.15, 0.2) is 0 Å². The van der Waals surface area contributed by atoms with Crippen molar-refractivity contribution in [2.75, 3.05) is 31.6 Å². The molecule has 1 unspecified atom stereocenters. The van der Waals surface area contributed by atoms with E-state index in [1.54, 1.807) is 24.5 Å². The van der Waals surface area contributed by atoms with Crippen molar-refractivity contribution in [1.82, 2.24) is 19.6 Å². The van der Waals surface area contributed by atoms with Crippen LogP contribution in [0.15, 0.2) is 90.1 Å². The van der Waals surface area contributed by atoms with Gasteiger partial charge in [0.05, 0.1) is 21.6 Å². The summed E-state index contributed by atoms with van der Waals surface area (Å²) in [5.41, 5.74) is 4.39. The quantitative estimate of drug-likeness (QED) is 0.0769. The van der Waals surface area contributed by atoms with Crippen molar-refractivity contribution in [3.05, 3.63) is 118 Å². The second-order valence-corrected chi connectivity index (χ2v) is 18.1. The standard InChI is InChI=1S/C45H52N6O7S/c1-29(2)37-6-3-4-7-38(37)41-8-5-21-50(41)34-12-9-31(10-13-34)32-11-15-39(43(25-32)58-35-24-33-17-20-46-44(33)48-28-35)45(52)49-59(55,56)36-14-16-40(42(26-36)51(53)54)47-27-30-18-22-57-23-19-30/h3-4,6-7,11,14-17,20,24-26,28-31,34,41,47H,5,8-10,12-13,18-19,21-23,27H2,1-2H3,(H,46,48)(H,49,52). The number of benzene rings is 3. The lowest BCUT2D eigenvalue weighted by atomic mass is 9.80. The first-order chi connectivity index (χ1) is 28.5. The van der Waals surface area contributed by atoms with Crippen LogP contribution in [-0.2, 0) is 14.8 Å². The van der Waals surface area contributed by atoms with Gasteiger partial charge in [-0.1, -0.05) is 44.2 Å². The third-order valence-electron chi connectivity index (χ3n) is 12.4. The summed E-state index contributed by atoms with van der Waals surface area (Å²) in [5, 5.41) is 16.0. The van der Waals surface area contributed by atoms with E-state index in [1.165, 1.54) is 36.1 Å². The van der Waals surface area contributed by atoms with E-state index in [0.717, 1.165) is 62.1 Å². The van der Waals surface area contributed by atoms with Crippen LogP contribution in [0.4, 0.5) is 11.4 Å². The summed E-state index contributed by atoms with van der Waals surface area (Å²) in [6.07, 6.45) is 11.4. The third kappa shape index (κ3) is 8.99. The Morgan fingerprint density at radius 1 is 1.00 bits per heavy atom. The van der Waals surface area contributed by atoms with Crippen molar-refractivity contribution in [1.29, 1.82) is 0 Å². The summed E-state index contributed by atoms with van der Waals surface area (Å²) in [6.45, 7) is 7.40. The Balaban J connectivity index is 1.01. The number of hydrogen-bond donors (Lipinski definition) is 3. The lowest BCUT2D eigenvalue weighted by molar-refractivity contribution is -0.384. The fourth-order valence-electron chi connectivity index (χ4n) is 9.23. The van der Waals surface area contributed by atoms with E-state index in [-0.39, 0.29) is 28.8 Å². The van der Waals surface area contributed by atoms with Gasteiger partial charge in [-0.15, -0.1) is 0 Å². The number of nitrogens with one attached hydrogen (secondary N) is 3. The number of aromatic nitrogens is 2. The highest BCUT2D eigenvalue weighted by Gasteiger charge is 2.36. The van der Waals surface area contributed by atoms with Crippen LogP contribution >= 0.6 is 0 Å². The monoisotopic (exact) mass is 820 g/mol. The minimum Gasteiger partial charge on any atom is -0.455 e. The van der Waals surface area contributed by atoms with Crippen molar-refractivity contribution in [3.63, 3.8) is 0 Å². The zero-order valence-corrected chi connectivity index (χ0v) is 34.4. The molecule has 4 heterocycles. The number of anilines is 1. The van der Waals surface area contributed by atoms with Gasteiger partial charge >= 0.3 is 0 Å². The highest BCUT2D eigenvalue weighted by Crippen LogP contribution is 2.44. The number of carbonyl (C=O) groups excluding carboxylic acids is 1. The van der Waals surface area contributed by atoms with Gasteiger partial charge in [0, 0.05) is 49.5 Å². The molecule has 3 N–H and O–H groups in total. The van der Waals surface area contributed by atoms with E-state index in [1.807, 2.05) is 18.2 Å². The van der Waals surface area contributed by atoms with E-state index < -0.39 is 31.4 Å². The molecule has 1 aliphatic carbocycles. The number of nitro benzene ring substituents is 1. The number of likely N-dealkylation sites (tertiary alicyclic amines) is 1. The molecule has 8 rings (SSSR count). The number of hydrogen-bond acceptors (Lipinski definition) is 10. The maximum atomic E-state index is 13.9. The average Bonchev–Trinajstić information content (AvgIpc) is 3.93. The summed E-state index contributed by atoms with van der Waals surface area (Å²) < 4.78 is 41.2. The van der Waals surface area contributed by atoms with Crippen LogP contribution in [-0.4, -0.2) is 66.5 Å². The normalized spacial score (nSPS) is 20.5. The highest BCUT2D eigenvalue weighted by atomic mass is 32.2. The molecule has 5 aromatic rings. The Kier molecular flexibility index (Phi) is 12.0. The van der Waals surface area contributed by atoms with E-state index in [0.29, 0.717) is 49.2 Å². The number of nitro groups is 1. The van der Waals surface area contributed by atoms with Crippen molar-refractivity contribution in [2.24, 2.45) is 5.92 Å². The first kappa shape index (κ1) is 40.5. The number of fused-ring (bicyclic) bond motifs is 1. The average molecular weight is 821 g/mol. The summed E-state index contributed by atoms with van der Waals surface area (Å²) in [6, 6.07) is 22.4. The van der Waals surface area contributed by atoms with Gasteiger partial charge in [-0.3, -0.25) is 19.8 Å². The summed E-state index contributed by atoms with van der Waals surface area (Å²) in [4.78, 5) is 35.2. The molecule has 59 heavy (non-hydrogen) atoms. The molecule has 1 atom stereocenters. The number of carbonyl (C=O) groups is 1. The third-order valence-corrected chi connectivity index (χ3v) is 13.7. The molecule has 2 aliphatic heterocycles. The minimum absolute atomic E-state index is 0.00755.